The quantitative estimate of drug-likeness (QED) is 0.693. The summed E-state index contributed by atoms with van der Waals surface area (Å²) in [7, 11) is -3.98. The fourth-order valence-corrected chi connectivity index (χ4v) is 4.68. The molecule has 0 fully saturated rings. The fraction of sp³-hybridized carbons (Fsp3) is 0.0588. The second-order valence-electron chi connectivity index (χ2n) is 5.25. The first kappa shape index (κ1) is 17.0. The van der Waals surface area contributed by atoms with Crippen molar-refractivity contribution < 1.29 is 17.9 Å². The van der Waals surface area contributed by atoms with E-state index in [1.54, 1.807) is 24.3 Å². The van der Waals surface area contributed by atoms with E-state index in [0.717, 1.165) is 6.07 Å². The summed E-state index contributed by atoms with van der Waals surface area (Å²) in [5, 5.41) is 10.7. The van der Waals surface area contributed by atoms with Crippen molar-refractivity contribution in [1.29, 1.82) is 0 Å². The number of halogens is 3. The molecule has 0 aliphatic heterocycles. The van der Waals surface area contributed by atoms with Gasteiger partial charge in [-0.2, -0.15) is 0 Å². The van der Waals surface area contributed by atoms with E-state index < -0.39 is 27.2 Å². The van der Waals surface area contributed by atoms with E-state index in [1.165, 1.54) is 18.2 Å². The molecule has 0 amide bonds. The molecule has 1 N–H and O–H groups in total. The molecule has 0 radical (unpaired) electrons. The maximum Gasteiger partial charge on any atom is 0.186 e. The minimum atomic E-state index is -3.98. The summed E-state index contributed by atoms with van der Waals surface area (Å²) in [6.45, 7) is 0. The molecular weight excluding hydrogens is 374 g/mol. The van der Waals surface area contributed by atoms with Crippen LogP contribution in [-0.4, -0.2) is 13.5 Å². The third-order valence-electron chi connectivity index (χ3n) is 3.61. The lowest BCUT2D eigenvalue weighted by Gasteiger charge is -2.11. The summed E-state index contributed by atoms with van der Waals surface area (Å²) in [4.78, 5) is -0.381. The van der Waals surface area contributed by atoms with Crippen LogP contribution in [0, 0.1) is 5.82 Å². The number of hydrogen-bond donors (Lipinski definition) is 1. The van der Waals surface area contributed by atoms with Gasteiger partial charge in [-0.15, -0.1) is 0 Å². The first-order valence-corrected chi connectivity index (χ1v) is 9.27. The normalized spacial score (nSPS) is 11.8. The first-order chi connectivity index (χ1) is 11.3. The van der Waals surface area contributed by atoms with Gasteiger partial charge in [0.05, 0.1) is 10.8 Å². The predicted molar refractivity (Wildman–Crippen MR) is 92.9 cm³/mol. The Bertz CT molecular complexity index is 1040. The number of fused-ring (bicyclic) bond motifs is 1. The number of phenols is 1. The highest BCUT2D eigenvalue weighted by molar-refractivity contribution is 7.90. The summed E-state index contributed by atoms with van der Waals surface area (Å²) in [5.74, 6) is -1.57. The lowest BCUT2D eigenvalue weighted by atomic mass is 10.1. The van der Waals surface area contributed by atoms with Gasteiger partial charge in [0.1, 0.15) is 10.7 Å². The Morgan fingerprint density at radius 1 is 1.04 bits per heavy atom. The Morgan fingerprint density at radius 3 is 2.42 bits per heavy atom. The molecule has 24 heavy (non-hydrogen) atoms. The largest absolute Gasteiger partial charge is 0.505 e. The van der Waals surface area contributed by atoms with Crippen LogP contribution in [0.4, 0.5) is 4.39 Å². The molecule has 3 aromatic rings. The van der Waals surface area contributed by atoms with Crippen LogP contribution in [0.3, 0.4) is 0 Å². The molecule has 0 saturated carbocycles. The average Bonchev–Trinajstić information content (AvgIpc) is 2.50. The van der Waals surface area contributed by atoms with E-state index in [-0.39, 0.29) is 20.3 Å². The predicted octanol–water partition coefficient (Wildman–Crippen LogP) is 4.97. The standard InChI is InChI=1S/C17H11Cl2FO3S/c18-12-7-13(19)17(21)15(8-12)24(22,23)9-11-5-1-3-10-4-2-6-14(20)16(10)11/h1-8,21H,9H2. The summed E-state index contributed by atoms with van der Waals surface area (Å²) in [5.41, 5.74) is 0.293. The molecule has 7 heteroatoms. The minimum absolute atomic E-state index is 0.0838. The molecule has 3 rings (SSSR count). The van der Waals surface area contributed by atoms with Crippen LogP contribution >= 0.6 is 23.2 Å². The van der Waals surface area contributed by atoms with Crippen LogP contribution < -0.4 is 0 Å². The molecule has 0 aliphatic carbocycles. The van der Waals surface area contributed by atoms with Crippen LogP contribution in [0.2, 0.25) is 10.0 Å². The van der Waals surface area contributed by atoms with Gasteiger partial charge in [0.2, 0.25) is 0 Å². The van der Waals surface area contributed by atoms with Crippen molar-refractivity contribution in [2.75, 3.05) is 0 Å². The SMILES string of the molecule is O=S(=O)(Cc1cccc2cccc(F)c12)c1cc(Cl)cc(Cl)c1O. The smallest absolute Gasteiger partial charge is 0.186 e. The van der Waals surface area contributed by atoms with E-state index in [9.17, 15) is 17.9 Å². The van der Waals surface area contributed by atoms with E-state index in [0.29, 0.717) is 10.9 Å². The third-order valence-corrected chi connectivity index (χ3v) is 5.79. The van der Waals surface area contributed by atoms with Crippen molar-refractivity contribution in [3.05, 3.63) is 70.0 Å². The van der Waals surface area contributed by atoms with Crippen LogP contribution in [0.25, 0.3) is 10.8 Å². The van der Waals surface area contributed by atoms with Crippen molar-refractivity contribution >= 4 is 43.8 Å². The monoisotopic (exact) mass is 384 g/mol. The molecule has 0 spiro atoms. The summed E-state index contributed by atoms with van der Waals surface area (Å²) >= 11 is 11.6. The van der Waals surface area contributed by atoms with Gasteiger partial charge in [0, 0.05) is 10.4 Å². The second-order valence-corrected chi connectivity index (χ2v) is 8.05. The van der Waals surface area contributed by atoms with Gasteiger partial charge in [-0.05, 0) is 29.1 Å². The highest BCUT2D eigenvalue weighted by atomic mass is 35.5. The number of rotatable bonds is 3. The Morgan fingerprint density at radius 2 is 1.71 bits per heavy atom. The second kappa shape index (κ2) is 6.24. The zero-order valence-electron chi connectivity index (χ0n) is 12.1. The van der Waals surface area contributed by atoms with Crippen molar-refractivity contribution in [1.82, 2.24) is 0 Å². The Balaban J connectivity index is 2.15. The van der Waals surface area contributed by atoms with Gasteiger partial charge in [0.15, 0.2) is 15.6 Å². The Hall–Kier alpha value is -1.82. The number of aromatic hydroxyl groups is 1. The van der Waals surface area contributed by atoms with Crippen molar-refractivity contribution in [3.63, 3.8) is 0 Å². The molecule has 3 nitrogen and oxygen atoms in total. The molecule has 124 valence electrons. The fourth-order valence-electron chi connectivity index (χ4n) is 2.55. The van der Waals surface area contributed by atoms with E-state index >= 15 is 0 Å². The molecule has 0 unspecified atom stereocenters. The van der Waals surface area contributed by atoms with Crippen LogP contribution in [0.5, 0.6) is 5.75 Å². The highest BCUT2D eigenvalue weighted by Crippen LogP contribution is 2.36. The minimum Gasteiger partial charge on any atom is -0.505 e. The number of sulfone groups is 1. The lowest BCUT2D eigenvalue weighted by molar-refractivity contribution is 0.459. The van der Waals surface area contributed by atoms with E-state index in [1.807, 2.05) is 0 Å². The zero-order valence-corrected chi connectivity index (χ0v) is 14.5. The topological polar surface area (TPSA) is 54.4 Å². The van der Waals surface area contributed by atoms with Gasteiger partial charge in [-0.3, -0.25) is 0 Å². The first-order valence-electron chi connectivity index (χ1n) is 6.86. The molecule has 3 aromatic carbocycles. The van der Waals surface area contributed by atoms with Gasteiger partial charge in [-0.1, -0.05) is 53.5 Å². The maximum absolute atomic E-state index is 14.1. The summed E-state index contributed by atoms with van der Waals surface area (Å²) in [6, 6.07) is 11.8. The average molecular weight is 385 g/mol. The molecule has 0 bridgehead atoms. The van der Waals surface area contributed by atoms with Crippen molar-refractivity contribution in [2.24, 2.45) is 0 Å². The van der Waals surface area contributed by atoms with Crippen LogP contribution in [0.15, 0.2) is 53.4 Å². The van der Waals surface area contributed by atoms with E-state index in [4.69, 9.17) is 23.2 Å². The van der Waals surface area contributed by atoms with Gasteiger partial charge >= 0.3 is 0 Å². The Kier molecular flexibility index (Phi) is 4.42. The number of hydrogen-bond acceptors (Lipinski definition) is 3. The molecule has 0 saturated heterocycles. The zero-order chi connectivity index (χ0) is 17.5. The Labute approximate surface area is 148 Å². The molecule has 0 atom stereocenters. The lowest BCUT2D eigenvalue weighted by Crippen LogP contribution is -2.06. The molecular formula is C17H11Cl2FO3S. The summed E-state index contributed by atoms with van der Waals surface area (Å²) < 4.78 is 39.5. The van der Waals surface area contributed by atoms with Gasteiger partial charge < -0.3 is 5.11 Å². The van der Waals surface area contributed by atoms with Crippen LogP contribution in [-0.2, 0) is 15.6 Å². The molecule has 0 aromatic heterocycles. The number of benzene rings is 3. The third kappa shape index (κ3) is 3.07. The summed E-state index contributed by atoms with van der Waals surface area (Å²) in [6.07, 6.45) is 0. The van der Waals surface area contributed by atoms with E-state index in [2.05, 4.69) is 0 Å². The van der Waals surface area contributed by atoms with Crippen LogP contribution in [0.1, 0.15) is 5.56 Å². The van der Waals surface area contributed by atoms with Crippen molar-refractivity contribution in [3.8, 4) is 5.75 Å². The van der Waals surface area contributed by atoms with Gasteiger partial charge in [-0.25, -0.2) is 12.8 Å². The van der Waals surface area contributed by atoms with Gasteiger partial charge in [0.25, 0.3) is 0 Å². The highest BCUT2D eigenvalue weighted by Gasteiger charge is 2.23. The molecule has 0 heterocycles. The van der Waals surface area contributed by atoms with Crippen molar-refractivity contribution in [2.45, 2.75) is 10.6 Å². The maximum atomic E-state index is 14.1. The number of phenolic OH excluding ortho intramolecular Hbond substituents is 1. The molecule has 0 aliphatic rings.